The van der Waals surface area contributed by atoms with Crippen molar-refractivity contribution >= 4 is 27.5 Å². The molecule has 0 atom stereocenters. The highest BCUT2D eigenvalue weighted by atomic mass is 79.9. The molecular weight excluding hydrogens is 242 g/mol. The zero-order valence-corrected chi connectivity index (χ0v) is 8.62. The highest BCUT2D eigenvalue weighted by Crippen LogP contribution is 2.18. The molecule has 0 amide bonds. The van der Waals surface area contributed by atoms with Gasteiger partial charge >= 0.3 is 0 Å². The summed E-state index contributed by atoms with van der Waals surface area (Å²) in [5.74, 6) is -0.314. The fraction of sp³-hybridized carbons (Fsp3) is 0.111. The summed E-state index contributed by atoms with van der Waals surface area (Å²) in [6.07, 6.45) is 0.595. The lowest BCUT2D eigenvalue weighted by molar-refractivity contribution is 0.626. The maximum absolute atomic E-state index is 12.7. The molecule has 0 heterocycles. The van der Waals surface area contributed by atoms with Gasteiger partial charge in [0.25, 0.3) is 0 Å². The molecule has 1 aromatic rings. The predicted octanol–water partition coefficient (Wildman–Crippen LogP) is 3.93. The molecule has 0 aromatic heterocycles. The van der Waals surface area contributed by atoms with E-state index in [1.54, 1.807) is 6.07 Å². The van der Waals surface area contributed by atoms with Crippen molar-refractivity contribution in [2.75, 3.05) is 0 Å². The molecule has 0 fully saturated rings. The SMILES string of the molecule is C=C(Br)Cc1cc(F)cc(Cl)c1. The Morgan fingerprint density at radius 2 is 2.17 bits per heavy atom. The van der Waals surface area contributed by atoms with E-state index in [2.05, 4.69) is 22.5 Å². The molecule has 0 unspecified atom stereocenters. The van der Waals surface area contributed by atoms with E-state index < -0.39 is 0 Å². The number of hydrogen-bond donors (Lipinski definition) is 0. The van der Waals surface area contributed by atoms with Gasteiger partial charge in [-0.1, -0.05) is 34.1 Å². The van der Waals surface area contributed by atoms with Gasteiger partial charge in [-0.05, 0) is 28.2 Å². The highest BCUT2D eigenvalue weighted by Gasteiger charge is 1.99. The maximum atomic E-state index is 12.7. The van der Waals surface area contributed by atoms with Gasteiger partial charge in [-0.25, -0.2) is 4.39 Å². The smallest absolute Gasteiger partial charge is 0.124 e. The van der Waals surface area contributed by atoms with Gasteiger partial charge < -0.3 is 0 Å². The average molecular weight is 250 g/mol. The van der Waals surface area contributed by atoms with Crippen molar-refractivity contribution in [1.82, 2.24) is 0 Å². The lowest BCUT2D eigenvalue weighted by atomic mass is 10.1. The van der Waals surface area contributed by atoms with Crippen LogP contribution in [0, 0.1) is 5.82 Å². The van der Waals surface area contributed by atoms with Crippen LogP contribution in [0.2, 0.25) is 5.02 Å². The van der Waals surface area contributed by atoms with Crippen LogP contribution in [-0.2, 0) is 6.42 Å². The van der Waals surface area contributed by atoms with Gasteiger partial charge in [0.2, 0.25) is 0 Å². The molecule has 3 heteroatoms. The van der Waals surface area contributed by atoms with Crippen molar-refractivity contribution < 1.29 is 4.39 Å². The van der Waals surface area contributed by atoms with Crippen LogP contribution in [0.25, 0.3) is 0 Å². The number of benzene rings is 1. The van der Waals surface area contributed by atoms with Crippen LogP contribution in [0.15, 0.2) is 29.3 Å². The first-order valence-electron chi connectivity index (χ1n) is 3.36. The first-order valence-corrected chi connectivity index (χ1v) is 4.53. The highest BCUT2D eigenvalue weighted by molar-refractivity contribution is 9.11. The van der Waals surface area contributed by atoms with E-state index in [1.807, 2.05) is 0 Å². The molecular formula is C9H7BrClF. The molecule has 0 nitrogen and oxygen atoms in total. The van der Waals surface area contributed by atoms with Gasteiger partial charge in [-0.3, -0.25) is 0 Å². The lowest BCUT2D eigenvalue weighted by Crippen LogP contribution is -1.85. The van der Waals surface area contributed by atoms with Crippen molar-refractivity contribution in [3.8, 4) is 0 Å². The van der Waals surface area contributed by atoms with Gasteiger partial charge in [0.05, 0.1) is 0 Å². The quantitative estimate of drug-likeness (QED) is 0.745. The molecule has 0 aliphatic rings. The van der Waals surface area contributed by atoms with E-state index in [0.29, 0.717) is 11.4 Å². The summed E-state index contributed by atoms with van der Waals surface area (Å²) in [6.45, 7) is 3.66. The lowest BCUT2D eigenvalue weighted by Gasteiger charge is -2.00. The van der Waals surface area contributed by atoms with E-state index in [4.69, 9.17) is 11.6 Å². The third-order valence-electron chi connectivity index (χ3n) is 1.32. The summed E-state index contributed by atoms with van der Waals surface area (Å²) in [5.41, 5.74) is 0.821. The molecule has 1 rings (SSSR count). The Morgan fingerprint density at radius 1 is 1.50 bits per heavy atom. The molecule has 1 aromatic carbocycles. The van der Waals surface area contributed by atoms with Crippen LogP contribution < -0.4 is 0 Å². The van der Waals surface area contributed by atoms with E-state index >= 15 is 0 Å². The molecule has 0 bridgehead atoms. The minimum absolute atomic E-state index is 0.314. The summed E-state index contributed by atoms with van der Waals surface area (Å²) >= 11 is 8.85. The molecule has 0 saturated carbocycles. The van der Waals surface area contributed by atoms with Crippen LogP contribution in [0.3, 0.4) is 0 Å². The first kappa shape index (κ1) is 9.75. The maximum Gasteiger partial charge on any atom is 0.124 e. The molecule has 0 radical (unpaired) electrons. The largest absolute Gasteiger partial charge is 0.207 e. The fourth-order valence-electron chi connectivity index (χ4n) is 0.934. The summed E-state index contributed by atoms with van der Waals surface area (Å²) in [6, 6.07) is 4.44. The number of halogens is 3. The molecule has 64 valence electrons. The molecule has 0 aliphatic heterocycles. The van der Waals surface area contributed by atoms with Crippen molar-refractivity contribution in [3.63, 3.8) is 0 Å². The fourth-order valence-corrected chi connectivity index (χ4v) is 1.50. The number of allylic oxidation sites excluding steroid dienone is 1. The summed E-state index contributed by atoms with van der Waals surface area (Å²) in [7, 11) is 0. The Bertz CT molecular complexity index is 289. The van der Waals surface area contributed by atoms with Gasteiger partial charge in [0, 0.05) is 11.4 Å². The zero-order chi connectivity index (χ0) is 9.14. The van der Waals surface area contributed by atoms with E-state index in [9.17, 15) is 4.39 Å². The van der Waals surface area contributed by atoms with Crippen molar-refractivity contribution in [1.29, 1.82) is 0 Å². The zero-order valence-electron chi connectivity index (χ0n) is 6.28. The average Bonchev–Trinajstić information content (AvgIpc) is 1.81. The minimum atomic E-state index is -0.314. The van der Waals surface area contributed by atoms with E-state index in [-0.39, 0.29) is 5.82 Å². The molecule has 0 aliphatic carbocycles. The Balaban J connectivity index is 2.93. The number of hydrogen-bond acceptors (Lipinski definition) is 0. The van der Waals surface area contributed by atoms with Gasteiger partial charge in [-0.2, -0.15) is 0 Å². The van der Waals surface area contributed by atoms with E-state index in [1.165, 1.54) is 12.1 Å². The predicted molar refractivity (Wildman–Crippen MR) is 53.2 cm³/mol. The summed E-state index contributed by atoms with van der Waals surface area (Å²) in [4.78, 5) is 0. The Hall–Kier alpha value is -0.340. The van der Waals surface area contributed by atoms with Crippen LogP contribution in [0.4, 0.5) is 4.39 Å². The molecule has 0 saturated heterocycles. The standard InChI is InChI=1S/C9H7BrClF/c1-6(10)2-7-3-8(11)5-9(12)4-7/h3-5H,1-2H2. The second-order valence-corrected chi connectivity index (χ2v) is 4.03. The van der Waals surface area contributed by atoms with Crippen LogP contribution in [0.5, 0.6) is 0 Å². The second-order valence-electron chi connectivity index (χ2n) is 2.47. The molecule has 0 N–H and O–H groups in total. The first-order chi connectivity index (χ1) is 5.58. The second kappa shape index (κ2) is 4.06. The molecule has 12 heavy (non-hydrogen) atoms. The minimum Gasteiger partial charge on any atom is -0.207 e. The monoisotopic (exact) mass is 248 g/mol. The Morgan fingerprint density at radius 3 is 2.67 bits per heavy atom. The third-order valence-corrected chi connectivity index (χ3v) is 1.82. The van der Waals surface area contributed by atoms with Gasteiger partial charge in [-0.15, -0.1) is 0 Å². The van der Waals surface area contributed by atoms with Crippen LogP contribution in [-0.4, -0.2) is 0 Å². The summed E-state index contributed by atoms with van der Waals surface area (Å²) < 4.78 is 13.6. The Kier molecular flexibility index (Phi) is 3.29. The van der Waals surface area contributed by atoms with Crippen molar-refractivity contribution in [3.05, 3.63) is 45.7 Å². The molecule has 0 spiro atoms. The normalized spacial score (nSPS) is 9.92. The number of rotatable bonds is 2. The van der Waals surface area contributed by atoms with Crippen molar-refractivity contribution in [2.24, 2.45) is 0 Å². The van der Waals surface area contributed by atoms with Gasteiger partial charge in [0.15, 0.2) is 0 Å². The van der Waals surface area contributed by atoms with Crippen molar-refractivity contribution in [2.45, 2.75) is 6.42 Å². The third kappa shape index (κ3) is 2.95. The van der Waals surface area contributed by atoms with E-state index in [0.717, 1.165) is 10.0 Å². The Labute approximate surface area is 84.2 Å². The van der Waals surface area contributed by atoms with Crippen LogP contribution in [0.1, 0.15) is 5.56 Å². The van der Waals surface area contributed by atoms with Crippen LogP contribution >= 0.6 is 27.5 Å². The van der Waals surface area contributed by atoms with Gasteiger partial charge in [0.1, 0.15) is 5.82 Å². The summed E-state index contributed by atoms with van der Waals surface area (Å²) in [5, 5.41) is 0.416. The topological polar surface area (TPSA) is 0 Å².